The Morgan fingerprint density at radius 3 is 2.12 bits per heavy atom. The Kier molecular flexibility index (Phi) is 6.13. The third-order valence-electron chi connectivity index (χ3n) is 6.32. The fourth-order valence-corrected chi connectivity index (χ4v) is 5.78. The summed E-state index contributed by atoms with van der Waals surface area (Å²) in [5, 5.41) is 1.75. The number of hydrogen-bond acceptors (Lipinski definition) is 7. The Bertz CT molecular complexity index is 951. The minimum Gasteiger partial charge on any atom is -0.465 e. The number of nitrogens with zero attached hydrogens (tertiary/aromatic N) is 1. The summed E-state index contributed by atoms with van der Waals surface area (Å²) < 4.78 is 9.52. The number of ether oxygens (including phenoxy) is 2. The average molecular weight is 483 g/mol. The first-order chi connectivity index (χ1) is 15.2. The van der Waals surface area contributed by atoms with E-state index >= 15 is 0 Å². The SMILES string of the molecule is COC(=O)c1ccc(NC(=O)COC(=O)CN2C(=O)[C@@H]3[C@H]4C[C@@H]([C@@H](Cl)[C@H]4Cl)[C@H]3C2=O)cc1. The van der Waals surface area contributed by atoms with E-state index in [9.17, 15) is 24.0 Å². The van der Waals surface area contributed by atoms with E-state index in [0.717, 1.165) is 4.90 Å². The Hall–Kier alpha value is -2.65. The summed E-state index contributed by atoms with van der Waals surface area (Å²) in [6.45, 7) is -1.16. The normalized spacial score (nSPS) is 30.3. The highest BCUT2D eigenvalue weighted by Gasteiger charge is 2.66. The van der Waals surface area contributed by atoms with Gasteiger partial charge in [0.25, 0.3) is 5.91 Å². The molecule has 0 spiro atoms. The van der Waals surface area contributed by atoms with Crippen molar-refractivity contribution < 1.29 is 33.4 Å². The average Bonchev–Trinajstić information content (AvgIpc) is 3.38. The van der Waals surface area contributed by atoms with Gasteiger partial charge in [0.05, 0.1) is 35.3 Å². The molecule has 0 unspecified atom stereocenters. The molecule has 2 bridgehead atoms. The van der Waals surface area contributed by atoms with Crippen molar-refractivity contribution in [3.8, 4) is 0 Å². The van der Waals surface area contributed by atoms with Gasteiger partial charge in [-0.05, 0) is 42.5 Å². The van der Waals surface area contributed by atoms with Gasteiger partial charge in [0.2, 0.25) is 11.8 Å². The van der Waals surface area contributed by atoms with Gasteiger partial charge in [-0.25, -0.2) is 4.79 Å². The van der Waals surface area contributed by atoms with Gasteiger partial charge in [-0.15, -0.1) is 23.2 Å². The van der Waals surface area contributed by atoms with Gasteiger partial charge < -0.3 is 14.8 Å². The second-order valence-corrected chi connectivity index (χ2v) is 9.05. The van der Waals surface area contributed by atoms with Crippen LogP contribution in [0.5, 0.6) is 0 Å². The molecule has 3 aliphatic rings. The third-order valence-corrected chi connectivity index (χ3v) is 7.64. The van der Waals surface area contributed by atoms with E-state index in [-0.39, 0.29) is 22.6 Å². The summed E-state index contributed by atoms with van der Waals surface area (Å²) in [6, 6.07) is 5.93. The minimum atomic E-state index is -0.875. The molecule has 170 valence electrons. The second-order valence-electron chi connectivity index (χ2n) is 8.04. The molecular formula is C21H20Cl2N2O7. The lowest BCUT2D eigenvalue weighted by Crippen LogP contribution is -2.38. The first-order valence-electron chi connectivity index (χ1n) is 10.00. The number of carbonyl (C=O) groups is 5. The van der Waals surface area contributed by atoms with Crippen LogP contribution >= 0.6 is 23.2 Å². The van der Waals surface area contributed by atoms with Crippen LogP contribution in [-0.4, -0.2) is 65.6 Å². The highest BCUT2D eigenvalue weighted by atomic mass is 35.5. The minimum absolute atomic E-state index is 0.178. The largest absolute Gasteiger partial charge is 0.465 e. The topological polar surface area (TPSA) is 119 Å². The molecule has 4 rings (SSSR count). The standard InChI is InChI=1S/C21H20Cl2N2O7/c1-31-21(30)9-2-4-10(5-3-9)24-13(26)8-32-14(27)7-25-19(28)15-11-6-12(16(15)20(25)29)18(23)17(11)22/h2-5,11-12,15-18H,6-8H2,1H3,(H,24,26)/t11-,12-,15-,16-,17-,18+/m1/s1. The summed E-state index contributed by atoms with van der Waals surface area (Å²) in [6.07, 6.45) is 0.633. The van der Waals surface area contributed by atoms with Crippen LogP contribution in [0.4, 0.5) is 5.69 Å². The summed E-state index contributed by atoms with van der Waals surface area (Å²) in [5.41, 5.74) is 0.703. The number of amides is 3. The molecule has 1 N–H and O–H groups in total. The van der Waals surface area contributed by atoms with E-state index in [1.54, 1.807) is 0 Å². The molecule has 3 amide bonds. The molecule has 1 aromatic carbocycles. The van der Waals surface area contributed by atoms with Crippen molar-refractivity contribution in [2.45, 2.75) is 17.2 Å². The van der Waals surface area contributed by atoms with Crippen molar-refractivity contribution in [3.05, 3.63) is 29.8 Å². The number of anilines is 1. The number of esters is 2. The predicted octanol–water partition coefficient (Wildman–Crippen LogP) is 1.42. The summed E-state index contributed by atoms with van der Waals surface area (Å²) >= 11 is 12.6. The smallest absolute Gasteiger partial charge is 0.337 e. The molecule has 0 radical (unpaired) electrons. The molecule has 11 heteroatoms. The maximum Gasteiger partial charge on any atom is 0.337 e. The van der Waals surface area contributed by atoms with Crippen molar-refractivity contribution >= 4 is 58.5 Å². The molecule has 1 saturated heterocycles. The highest BCUT2D eigenvalue weighted by molar-refractivity contribution is 6.31. The molecule has 1 heterocycles. The third kappa shape index (κ3) is 3.84. The first kappa shape index (κ1) is 22.5. The van der Waals surface area contributed by atoms with Crippen LogP contribution in [0.1, 0.15) is 16.8 Å². The van der Waals surface area contributed by atoms with E-state index in [1.807, 2.05) is 0 Å². The number of imide groups is 1. The Morgan fingerprint density at radius 2 is 1.59 bits per heavy atom. The molecule has 3 fully saturated rings. The van der Waals surface area contributed by atoms with Gasteiger partial charge in [-0.1, -0.05) is 0 Å². The van der Waals surface area contributed by atoms with E-state index in [4.69, 9.17) is 27.9 Å². The number of rotatable bonds is 6. The van der Waals surface area contributed by atoms with E-state index in [2.05, 4.69) is 10.1 Å². The highest BCUT2D eigenvalue weighted by Crippen LogP contribution is 2.59. The van der Waals surface area contributed by atoms with Gasteiger partial charge in [0, 0.05) is 5.69 Å². The van der Waals surface area contributed by atoms with Crippen LogP contribution < -0.4 is 5.32 Å². The molecule has 0 aromatic heterocycles. The predicted molar refractivity (Wildman–Crippen MR) is 112 cm³/mol. The Balaban J connectivity index is 1.28. The zero-order chi connectivity index (χ0) is 23.2. The molecule has 32 heavy (non-hydrogen) atoms. The summed E-state index contributed by atoms with van der Waals surface area (Å²) in [7, 11) is 1.26. The van der Waals surface area contributed by atoms with Crippen molar-refractivity contribution in [1.29, 1.82) is 0 Å². The van der Waals surface area contributed by atoms with Crippen LogP contribution in [-0.2, 0) is 28.7 Å². The van der Waals surface area contributed by atoms with Crippen LogP contribution in [0.15, 0.2) is 24.3 Å². The lowest BCUT2D eigenvalue weighted by Gasteiger charge is -2.28. The van der Waals surface area contributed by atoms with E-state index in [1.165, 1.54) is 31.4 Å². The number of likely N-dealkylation sites (tertiary alicyclic amines) is 1. The number of fused-ring (bicyclic) bond motifs is 5. The molecule has 9 nitrogen and oxygen atoms in total. The van der Waals surface area contributed by atoms with Gasteiger partial charge in [-0.3, -0.25) is 24.1 Å². The number of hydrogen-bond donors (Lipinski definition) is 1. The molecule has 2 aliphatic carbocycles. The number of carbonyl (C=O) groups excluding carboxylic acids is 5. The number of alkyl halides is 2. The first-order valence-corrected chi connectivity index (χ1v) is 10.9. The van der Waals surface area contributed by atoms with Crippen LogP contribution in [0.25, 0.3) is 0 Å². The van der Waals surface area contributed by atoms with Gasteiger partial charge in [0.1, 0.15) is 6.54 Å². The summed E-state index contributed by atoms with van der Waals surface area (Å²) in [5.74, 6) is -4.33. The quantitative estimate of drug-likeness (QED) is 0.369. The monoisotopic (exact) mass is 482 g/mol. The van der Waals surface area contributed by atoms with Gasteiger partial charge in [-0.2, -0.15) is 0 Å². The number of nitrogens with one attached hydrogen (secondary N) is 1. The lowest BCUT2D eigenvalue weighted by atomic mass is 9.80. The fourth-order valence-electron chi connectivity index (χ4n) is 4.89. The maximum absolute atomic E-state index is 12.7. The maximum atomic E-state index is 12.7. The lowest BCUT2D eigenvalue weighted by molar-refractivity contribution is -0.154. The molecule has 1 aromatic rings. The Labute approximate surface area is 193 Å². The number of halogens is 2. The van der Waals surface area contributed by atoms with Crippen LogP contribution in [0.2, 0.25) is 0 Å². The van der Waals surface area contributed by atoms with Gasteiger partial charge in [0.15, 0.2) is 6.61 Å². The summed E-state index contributed by atoms with van der Waals surface area (Å²) in [4.78, 5) is 62.0. The molecular weight excluding hydrogens is 463 g/mol. The molecule has 6 atom stereocenters. The second kappa shape index (κ2) is 8.71. The van der Waals surface area contributed by atoms with E-state index < -0.39 is 54.6 Å². The van der Waals surface area contributed by atoms with Crippen molar-refractivity contribution in [1.82, 2.24) is 4.90 Å². The van der Waals surface area contributed by atoms with Crippen molar-refractivity contribution in [2.24, 2.45) is 23.7 Å². The Morgan fingerprint density at radius 1 is 1.03 bits per heavy atom. The zero-order valence-corrected chi connectivity index (χ0v) is 18.5. The van der Waals surface area contributed by atoms with Crippen molar-refractivity contribution in [3.63, 3.8) is 0 Å². The molecule has 1 aliphatic heterocycles. The van der Waals surface area contributed by atoms with Gasteiger partial charge >= 0.3 is 11.9 Å². The van der Waals surface area contributed by atoms with Crippen molar-refractivity contribution in [2.75, 3.05) is 25.6 Å². The number of benzene rings is 1. The number of methoxy groups -OCH3 is 1. The molecule has 2 saturated carbocycles. The van der Waals surface area contributed by atoms with Crippen LogP contribution in [0.3, 0.4) is 0 Å². The van der Waals surface area contributed by atoms with E-state index in [0.29, 0.717) is 17.7 Å². The zero-order valence-electron chi connectivity index (χ0n) is 17.0. The van der Waals surface area contributed by atoms with Crippen LogP contribution in [0, 0.1) is 23.7 Å². The fraction of sp³-hybridized carbons (Fsp3) is 0.476.